The lowest BCUT2D eigenvalue weighted by Crippen LogP contribution is -2.25. The van der Waals surface area contributed by atoms with Gasteiger partial charge in [-0.2, -0.15) is 26.3 Å². The highest BCUT2D eigenvalue weighted by Gasteiger charge is 2.30. The van der Waals surface area contributed by atoms with Crippen LogP contribution in [0, 0.1) is 82.2 Å². The molecule has 0 aromatic heterocycles. The molecule has 0 atom stereocenters. The molecule has 0 bridgehead atoms. The largest absolute Gasteiger partial charge is 0.435 e. The Balaban J connectivity index is 0.000000201. The minimum Gasteiger partial charge on any atom is -0.435 e. The average Bonchev–Trinajstić information content (AvgIpc) is 3.60. The number of esters is 4. The van der Waals surface area contributed by atoms with Crippen LogP contribution in [0.5, 0.6) is 40.2 Å². The van der Waals surface area contributed by atoms with Gasteiger partial charge in [0, 0.05) is 30.3 Å². The molecule has 4 aliphatic carbocycles. The quantitative estimate of drug-likeness (QED) is 0.0517. The van der Waals surface area contributed by atoms with Gasteiger partial charge in [-0.1, -0.05) is 27.7 Å². The topological polar surface area (TPSA) is 133 Å². The van der Waals surface area contributed by atoms with Crippen molar-refractivity contribution < 1.29 is 105 Å². The van der Waals surface area contributed by atoms with E-state index in [1.807, 2.05) is 0 Å². The molecule has 4 aliphatic rings. The third-order valence-corrected chi connectivity index (χ3v) is 14.6. The summed E-state index contributed by atoms with van der Waals surface area (Å²) in [5.41, 5.74) is 0. The molecule has 452 valence electrons. The van der Waals surface area contributed by atoms with Crippen LogP contribution in [0.1, 0.15) is 130 Å². The number of halogens is 12. The SMILES string of the molecule is CC1CCC(C(=O)Oc2cc(F)c(F)c(F)c2)CC1.CC1CCC(C(=O)Oc2cc(F)c(OC(F)F)c(F)c2)CC1.CC1CCC(C(=O)Oc2ccc(OC(F)F)c(F)c2)CC1.CC1CCC(C(=O)Oc2ccc(OC(F)F)cc2)CC1. The third kappa shape index (κ3) is 21.9. The van der Waals surface area contributed by atoms with Crippen molar-refractivity contribution in [2.45, 2.75) is 150 Å². The van der Waals surface area contributed by atoms with E-state index >= 15 is 0 Å². The van der Waals surface area contributed by atoms with E-state index in [-0.39, 0.29) is 52.6 Å². The molecule has 8 rings (SSSR count). The van der Waals surface area contributed by atoms with Gasteiger partial charge < -0.3 is 33.2 Å². The van der Waals surface area contributed by atoms with E-state index in [2.05, 4.69) is 41.9 Å². The monoisotopic (exact) mass is 1180 g/mol. The predicted octanol–water partition coefficient (Wildman–Crippen LogP) is 16.3. The highest BCUT2D eigenvalue weighted by Crippen LogP contribution is 2.35. The first-order valence-corrected chi connectivity index (χ1v) is 27.1. The van der Waals surface area contributed by atoms with Gasteiger partial charge in [-0.05, 0) is 163 Å². The Hall–Kier alpha value is -6.68. The molecule has 0 radical (unpaired) electrons. The van der Waals surface area contributed by atoms with Gasteiger partial charge in [0.15, 0.2) is 46.4 Å². The fourth-order valence-corrected chi connectivity index (χ4v) is 9.60. The zero-order valence-corrected chi connectivity index (χ0v) is 45.5. The molecule has 0 amide bonds. The van der Waals surface area contributed by atoms with E-state index in [9.17, 15) is 71.9 Å². The molecule has 4 aromatic carbocycles. The molecule has 0 saturated heterocycles. The Morgan fingerprint density at radius 1 is 0.341 bits per heavy atom. The maximum Gasteiger partial charge on any atom is 0.387 e. The number of alkyl halides is 6. The minimum atomic E-state index is -3.35. The Morgan fingerprint density at radius 3 is 0.951 bits per heavy atom. The van der Waals surface area contributed by atoms with Crippen molar-refractivity contribution in [3.63, 3.8) is 0 Å². The molecule has 0 unspecified atom stereocenters. The summed E-state index contributed by atoms with van der Waals surface area (Å²) in [4.78, 5) is 47.7. The molecular weight excluding hydrogens is 1110 g/mol. The van der Waals surface area contributed by atoms with Gasteiger partial charge in [0.2, 0.25) is 0 Å². The second-order valence-corrected chi connectivity index (χ2v) is 21.1. The van der Waals surface area contributed by atoms with Crippen molar-refractivity contribution in [3.05, 3.63) is 102 Å². The number of hydrogen-bond acceptors (Lipinski definition) is 11. The van der Waals surface area contributed by atoms with E-state index in [1.165, 1.54) is 30.3 Å². The molecule has 4 saturated carbocycles. The molecule has 4 fully saturated rings. The van der Waals surface area contributed by atoms with Crippen LogP contribution in [0.4, 0.5) is 52.7 Å². The zero-order chi connectivity index (χ0) is 60.2. The summed E-state index contributed by atoms with van der Waals surface area (Å²) in [6.45, 7) is -0.770. The normalized spacial score (nSPS) is 22.4. The molecule has 4 aromatic rings. The van der Waals surface area contributed by atoms with Crippen LogP contribution < -0.4 is 33.2 Å². The van der Waals surface area contributed by atoms with Crippen molar-refractivity contribution >= 4 is 23.9 Å². The molecule has 0 N–H and O–H groups in total. The lowest BCUT2D eigenvalue weighted by molar-refractivity contribution is -0.141. The maximum absolute atomic E-state index is 13.5. The zero-order valence-electron chi connectivity index (χ0n) is 45.5. The Bertz CT molecular complexity index is 2640. The van der Waals surface area contributed by atoms with Gasteiger partial charge >= 0.3 is 43.7 Å². The molecular formula is C59H66F12O11. The van der Waals surface area contributed by atoms with Crippen molar-refractivity contribution in [2.75, 3.05) is 0 Å². The molecule has 82 heavy (non-hydrogen) atoms. The maximum atomic E-state index is 13.5. The van der Waals surface area contributed by atoms with Gasteiger partial charge in [0.1, 0.15) is 28.7 Å². The van der Waals surface area contributed by atoms with E-state index in [0.29, 0.717) is 79.4 Å². The minimum absolute atomic E-state index is 0.00209. The van der Waals surface area contributed by atoms with Crippen LogP contribution in [0.2, 0.25) is 0 Å². The summed E-state index contributed by atoms with van der Waals surface area (Å²) in [6, 6.07) is 11.5. The van der Waals surface area contributed by atoms with Crippen LogP contribution >= 0.6 is 0 Å². The summed E-state index contributed by atoms with van der Waals surface area (Å²) in [5.74, 6) is -10.1. The molecule has 11 nitrogen and oxygen atoms in total. The van der Waals surface area contributed by atoms with Crippen LogP contribution in [-0.4, -0.2) is 43.7 Å². The summed E-state index contributed by atoms with van der Waals surface area (Å²) in [6.07, 6.45) is 13.7. The fraction of sp³-hybridized carbons (Fsp3) is 0.525. The summed E-state index contributed by atoms with van der Waals surface area (Å²) in [5, 5.41) is 0. The number of ether oxygens (including phenoxy) is 7. The number of benzene rings is 4. The Morgan fingerprint density at radius 2 is 0.622 bits per heavy atom. The van der Waals surface area contributed by atoms with Crippen molar-refractivity contribution in [3.8, 4) is 40.2 Å². The van der Waals surface area contributed by atoms with Crippen molar-refractivity contribution in [2.24, 2.45) is 47.3 Å². The Kier molecular flexibility index (Phi) is 26.0. The number of carbonyl (C=O) groups is 4. The van der Waals surface area contributed by atoms with Crippen LogP contribution in [-0.2, 0) is 19.2 Å². The molecule has 0 aliphatic heterocycles. The van der Waals surface area contributed by atoms with Crippen LogP contribution in [0.25, 0.3) is 0 Å². The highest BCUT2D eigenvalue weighted by atomic mass is 19.3. The van der Waals surface area contributed by atoms with Crippen molar-refractivity contribution in [1.82, 2.24) is 0 Å². The summed E-state index contributed by atoms with van der Waals surface area (Å²) < 4.78 is 184. The van der Waals surface area contributed by atoms with Gasteiger partial charge in [-0.3, -0.25) is 19.2 Å². The second kappa shape index (κ2) is 32.2. The number of carbonyl (C=O) groups excluding carboxylic acids is 4. The first-order valence-electron chi connectivity index (χ1n) is 27.1. The lowest BCUT2D eigenvalue weighted by atomic mass is 9.83. The fourth-order valence-electron chi connectivity index (χ4n) is 9.60. The first-order chi connectivity index (χ1) is 38.8. The Labute approximate surface area is 467 Å². The first kappa shape index (κ1) is 66.1. The predicted molar refractivity (Wildman–Crippen MR) is 272 cm³/mol. The van der Waals surface area contributed by atoms with E-state index in [0.717, 1.165) is 89.2 Å². The van der Waals surface area contributed by atoms with E-state index < -0.39 is 84.1 Å². The molecule has 0 spiro atoms. The van der Waals surface area contributed by atoms with Gasteiger partial charge in [0.05, 0.1) is 23.7 Å². The molecule has 23 heteroatoms. The van der Waals surface area contributed by atoms with Crippen LogP contribution in [0.3, 0.4) is 0 Å². The van der Waals surface area contributed by atoms with Crippen molar-refractivity contribution in [1.29, 1.82) is 0 Å². The summed E-state index contributed by atoms with van der Waals surface area (Å²) >= 11 is 0. The molecule has 0 heterocycles. The summed E-state index contributed by atoms with van der Waals surface area (Å²) in [7, 11) is 0. The average molecular weight is 1180 g/mol. The van der Waals surface area contributed by atoms with Gasteiger partial charge in [-0.15, -0.1) is 0 Å². The van der Waals surface area contributed by atoms with Gasteiger partial charge in [0.25, 0.3) is 0 Å². The van der Waals surface area contributed by atoms with E-state index in [4.69, 9.17) is 18.9 Å². The third-order valence-electron chi connectivity index (χ3n) is 14.6. The van der Waals surface area contributed by atoms with E-state index in [1.54, 1.807) is 0 Å². The lowest BCUT2D eigenvalue weighted by Gasteiger charge is -2.24. The van der Waals surface area contributed by atoms with Gasteiger partial charge in [-0.25, -0.2) is 26.3 Å². The number of hydrogen-bond donors (Lipinski definition) is 0. The number of rotatable bonds is 14. The highest BCUT2D eigenvalue weighted by molar-refractivity contribution is 5.77. The second-order valence-electron chi connectivity index (χ2n) is 21.1. The standard InChI is InChI=1S/C15H16F4O3.C15H17F3O3.C15H18F2O3.C14H15F3O2/c1-8-2-4-9(5-3-8)14(20)21-10-6-11(16)13(12(17)7-10)22-15(18)19;1-9-2-4-10(5-3-9)14(19)20-11-6-7-13(12(16)8-11)21-15(17)18;1-10-2-4-11(5-3-10)14(18)19-12-6-8-13(9-7-12)20-15(16)17;1-8-2-4-9(5-3-8)14(18)19-10-6-11(15)13(17)12(16)7-10/h6-9,15H,2-5H2,1H3;6-10,15H,2-5H2,1H3;6-11,15H,2-5H2,1H3;6-9H,2-5H2,1H3. The van der Waals surface area contributed by atoms with Crippen LogP contribution in [0.15, 0.2) is 66.7 Å². The smallest absolute Gasteiger partial charge is 0.387 e.